The van der Waals surface area contributed by atoms with Crippen molar-refractivity contribution >= 4 is 23.4 Å². The van der Waals surface area contributed by atoms with Gasteiger partial charge in [0.1, 0.15) is 5.75 Å². The fourth-order valence-corrected chi connectivity index (χ4v) is 2.93. The highest BCUT2D eigenvalue weighted by Gasteiger charge is 2.30. The molecular weight excluding hydrogens is 360 g/mol. The summed E-state index contributed by atoms with van der Waals surface area (Å²) in [4.78, 5) is 32.9. The van der Waals surface area contributed by atoms with Gasteiger partial charge in [0.05, 0.1) is 36.4 Å². The molecule has 0 radical (unpaired) electrons. The molecule has 1 saturated heterocycles. The van der Waals surface area contributed by atoms with Gasteiger partial charge in [0.2, 0.25) is 0 Å². The summed E-state index contributed by atoms with van der Waals surface area (Å²) in [5.41, 5.74) is 1.38. The number of nitrogens with one attached hydrogen (secondary N) is 4. The zero-order valence-corrected chi connectivity index (χ0v) is 16.1. The molecule has 9 nitrogen and oxygen atoms in total. The molecule has 4 N–H and O–H groups in total. The van der Waals surface area contributed by atoms with Crippen LogP contribution in [-0.2, 0) is 0 Å². The highest BCUT2D eigenvalue weighted by Crippen LogP contribution is 2.26. The molecule has 1 aromatic carbocycles. The van der Waals surface area contributed by atoms with Gasteiger partial charge < -0.3 is 20.7 Å². The van der Waals surface area contributed by atoms with Crippen molar-refractivity contribution in [1.82, 2.24) is 20.6 Å². The lowest BCUT2D eigenvalue weighted by Gasteiger charge is -2.24. The summed E-state index contributed by atoms with van der Waals surface area (Å²) in [6.07, 6.45) is 3.90. The summed E-state index contributed by atoms with van der Waals surface area (Å²) >= 11 is 0. The molecule has 2 aromatic rings. The van der Waals surface area contributed by atoms with Gasteiger partial charge in [-0.25, -0.2) is 9.78 Å². The summed E-state index contributed by atoms with van der Waals surface area (Å²) in [5.74, 6) is 0.527. The molecule has 3 rings (SSSR count). The van der Waals surface area contributed by atoms with E-state index < -0.39 is 6.03 Å². The molecule has 0 spiro atoms. The van der Waals surface area contributed by atoms with Crippen LogP contribution in [0.2, 0.25) is 0 Å². The van der Waals surface area contributed by atoms with E-state index in [4.69, 9.17) is 4.74 Å². The van der Waals surface area contributed by atoms with Crippen molar-refractivity contribution in [3.8, 4) is 5.75 Å². The molecule has 3 amide bonds. The van der Waals surface area contributed by atoms with E-state index in [2.05, 4.69) is 31.2 Å². The van der Waals surface area contributed by atoms with E-state index in [1.165, 1.54) is 13.3 Å². The Balaban J connectivity index is 1.67. The predicted molar refractivity (Wildman–Crippen MR) is 106 cm³/mol. The van der Waals surface area contributed by atoms with Crippen molar-refractivity contribution in [2.24, 2.45) is 0 Å². The molecule has 1 aliphatic heterocycles. The van der Waals surface area contributed by atoms with Crippen LogP contribution in [0.1, 0.15) is 29.4 Å². The van der Waals surface area contributed by atoms with Crippen molar-refractivity contribution in [2.45, 2.75) is 25.8 Å². The minimum atomic E-state index is -0.488. The molecule has 0 unspecified atom stereocenters. The minimum absolute atomic E-state index is 0.185. The molecule has 0 saturated carbocycles. The van der Waals surface area contributed by atoms with Gasteiger partial charge in [0.25, 0.3) is 5.91 Å². The molecule has 148 valence electrons. The maximum Gasteiger partial charge on any atom is 0.324 e. The molecule has 0 bridgehead atoms. The number of carbonyl (C=O) groups excluding carboxylic acids is 2. The van der Waals surface area contributed by atoms with E-state index in [0.29, 0.717) is 22.8 Å². The van der Waals surface area contributed by atoms with E-state index in [9.17, 15) is 9.59 Å². The maximum absolute atomic E-state index is 12.6. The van der Waals surface area contributed by atoms with E-state index in [-0.39, 0.29) is 11.4 Å². The van der Waals surface area contributed by atoms with Crippen LogP contribution in [0, 0.1) is 6.92 Å². The van der Waals surface area contributed by atoms with Crippen LogP contribution >= 0.6 is 0 Å². The number of hydrogen-bond donors (Lipinski definition) is 4. The van der Waals surface area contributed by atoms with Crippen molar-refractivity contribution < 1.29 is 14.3 Å². The summed E-state index contributed by atoms with van der Waals surface area (Å²) in [5, 5.41) is 11.6. The molecule has 0 aliphatic carbocycles. The first-order valence-corrected chi connectivity index (χ1v) is 8.96. The number of aryl methyl sites for hydroxylation is 1. The van der Waals surface area contributed by atoms with Crippen molar-refractivity contribution in [2.75, 3.05) is 30.8 Å². The van der Waals surface area contributed by atoms with E-state index in [0.717, 1.165) is 25.2 Å². The summed E-state index contributed by atoms with van der Waals surface area (Å²) in [6.45, 7) is 5.43. The Morgan fingerprint density at radius 1 is 1.21 bits per heavy atom. The molecule has 1 aromatic heterocycles. The standard InChI is InChI=1S/C19H24N6O3/c1-12-9-22-16(10-21-12)24-18(27)23-14-5-4-13(8-15(14)28-3)17(26)25-19(2)6-7-20-11-19/h4-5,8-10,20H,6-7,11H2,1-3H3,(H,25,26)(H2,22,23,24,27)/t19-/m1/s1. The average Bonchev–Trinajstić information content (AvgIpc) is 3.09. The Labute approximate surface area is 163 Å². The quantitative estimate of drug-likeness (QED) is 0.626. The zero-order chi connectivity index (χ0) is 20.1. The van der Waals surface area contributed by atoms with Gasteiger partial charge in [-0.05, 0) is 45.0 Å². The van der Waals surface area contributed by atoms with Crippen LogP contribution in [0.4, 0.5) is 16.3 Å². The smallest absolute Gasteiger partial charge is 0.324 e. The van der Waals surface area contributed by atoms with E-state index in [1.54, 1.807) is 24.4 Å². The van der Waals surface area contributed by atoms with Gasteiger partial charge in [-0.15, -0.1) is 0 Å². The second kappa shape index (κ2) is 8.22. The summed E-state index contributed by atoms with van der Waals surface area (Å²) < 4.78 is 5.34. The first-order chi connectivity index (χ1) is 13.4. The fraction of sp³-hybridized carbons (Fsp3) is 0.368. The maximum atomic E-state index is 12.6. The second-order valence-corrected chi connectivity index (χ2v) is 6.98. The van der Waals surface area contributed by atoms with Crippen molar-refractivity contribution in [1.29, 1.82) is 0 Å². The monoisotopic (exact) mass is 384 g/mol. The van der Waals surface area contributed by atoms with Gasteiger partial charge >= 0.3 is 6.03 Å². The number of rotatable bonds is 5. The number of ether oxygens (including phenoxy) is 1. The molecule has 28 heavy (non-hydrogen) atoms. The number of benzene rings is 1. The fourth-order valence-electron chi connectivity index (χ4n) is 2.93. The van der Waals surface area contributed by atoms with Gasteiger partial charge in [0, 0.05) is 12.1 Å². The number of nitrogens with zero attached hydrogens (tertiary/aromatic N) is 2. The van der Waals surface area contributed by atoms with Crippen LogP contribution in [-0.4, -0.2) is 47.6 Å². The van der Waals surface area contributed by atoms with Gasteiger partial charge in [-0.1, -0.05) is 0 Å². The van der Waals surface area contributed by atoms with Crippen molar-refractivity contribution in [3.05, 3.63) is 41.9 Å². The number of anilines is 2. The predicted octanol–water partition coefficient (Wildman–Crippen LogP) is 1.92. The Bertz CT molecular complexity index is 862. The number of hydrogen-bond acceptors (Lipinski definition) is 6. The lowest BCUT2D eigenvalue weighted by atomic mass is 10.0. The van der Waals surface area contributed by atoms with Crippen LogP contribution in [0.5, 0.6) is 5.75 Å². The SMILES string of the molecule is COc1cc(C(=O)N[C@]2(C)CCNC2)ccc1NC(=O)Nc1cnc(C)cn1. The third-order valence-corrected chi connectivity index (χ3v) is 4.52. The highest BCUT2D eigenvalue weighted by molar-refractivity contribution is 6.01. The molecule has 9 heteroatoms. The Morgan fingerprint density at radius 3 is 2.68 bits per heavy atom. The number of methoxy groups -OCH3 is 1. The first-order valence-electron chi connectivity index (χ1n) is 8.96. The Morgan fingerprint density at radius 2 is 2.04 bits per heavy atom. The first kappa shape index (κ1) is 19.6. The molecule has 2 heterocycles. The molecule has 1 atom stereocenters. The zero-order valence-electron chi connectivity index (χ0n) is 16.1. The largest absolute Gasteiger partial charge is 0.495 e. The normalized spacial score (nSPS) is 18.4. The molecule has 1 fully saturated rings. The average molecular weight is 384 g/mol. The molecular formula is C19H24N6O3. The summed E-state index contributed by atoms with van der Waals surface area (Å²) in [6, 6.07) is 4.38. The third kappa shape index (κ3) is 4.74. The molecule has 1 aliphatic rings. The summed E-state index contributed by atoms with van der Waals surface area (Å²) in [7, 11) is 1.48. The van der Waals surface area contributed by atoms with Gasteiger partial charge in [-0.3, -0.25) is 15.1 Å². The topological polar surface area (TPSA) is 117 Å². The lowest BCUT2D eigenvalue weighted by Crippen LogP contribution is -2.47. The lowest BCUT2D eigenvalue weighted by molar-refractivity contribution is 0.0912. The van der Waals surface area contributed by atoms with Gasteiger partial charge in [-0.2, -0.15) is 0 Å². The number of carbonyl (C=O) groups is 2. The third-order valence-electron chi connectivity index (χ3n) is 4.52. The Hall–Kier alpha value is -3.20. The number of urea groups is 1. The van der Waals surface area contributed by atoms with Crippen LogP contribution in [0.25, 0.3) is 0 Å². The van der Waals surface area contributed by atoms with E-state index >= 15 is 0 Å². The van der Waals surface area contributed by atoms with Crippen LogP contribution < -0.4 is 26.0 Å². The highest BCUT2D eigenvalue weighted by atomic mass is 16.5. The van der Waals surface area contributed by atoms with E-state index in [1.807, 2.05) is 13.8 Å². The van der Waals surface area contributed by atoms with Crippen LogP contribution in [0.3, 0.4) is 0 Å². The minimum Gasteiger partial charge on any atom is -0.495 e. The van der Waals surface area contributed by atoms with Crippen LogP contribution in [0.15, 0.2) is 30.6 Å². The second-order valence-electron chi connectivity index (χ2n) is 6.98. The van der Waals surface area contributed by atoms with Crippen molar-refractivity contribution in [3.63, 3.8) is 0 Å². The number of aromatic nitrogens is 2. The Kier molecular flexibility index (Phi) is 5.74. The number of amides is 3. The van der Waals surface area contributed by atoms with Gasteiger partial charge in [0.15, 0.2) is 5.82 Å².